The largest absolute Gasteiger partial charge is 0.291 e. The van der Waals surface area contributed by atoms with Crippen molar-refractivity contribution in [3.63, 3.8) is 0 Å². The van der Waals surface area contributed by atoms with Crippen LogP contribution in [-0.2, 0) is 9.59 Å². The number of benzene rings is 2. The van der Waals surface area contributed by atoms with Gasteiger partial charge in [-0.05, 0) is 12.5 Å². The predicted molar refractivity (Wildman–Crippen MR) is 132 cm³/mol. The van der Waals surface area contributed by atoms with Gasteiger partial charge >= 0.3 is 0 Å². The number of amides is 2. The molecule has 0 fully saturated rings. The molecule has 2 amide bonds. The van der Waals surface area contributed by atoms with Gasteiger partial charge in [0.25, 0.3) is 5.56 Å². The Kier molecular flexibility index (Phi) is 5.25. The van der Waals surface area contributed by atoms with E-state index in [9.17, 15) is 14.4 Å². The van der Waals surface area contributed by atoms with Crippen LogP contribution in [-0.4, -0.2) is 31.7 Å². The standard InChI is InChI=1S/C25H19N5O3S/c1-14-26-22-20-19(17-10-6-4-7-11-17)21(18-12-8-5-9-13-18)27-28-24(20)34-23(22)25(33)29(14)30(15(2)31)16(3)32/h4-13H,1-3H3. The Labute approximate surface area is 198 Å². The Morgan fingerprint density at radius 1 is 0.882 bits per heavy atom. The number of fused-ring (bicyclic) bond motifs is 3. The third-order valence-electron chi connectivity index (χ3n) is 5.47. The molecule has 5 aromatic rings. The van der Waals surface area contributed by atoms with Crippen LogP contribution in [0.1, 0.15) is 19.7 Å². The number of rotatable bonds is 3. The van der Waals surface area contributed by atoms with Gasteiger partial charge in [-0.15, -0.1) is 21.5 Å². The third-order valence-corrected chi connectivity index (χ3v) is 6.52. The second kappa shape index (κ2) is 8.27. The minimum Gasteiger partial charge on any atom is -0.273 e. The summed E-state index contributed by atoms with van der Waals surface area (Å²) in [7, 11) is 0. The number of thiophene rings is 1. The normalized spacial score (nSPS) is 11.1. The van der Waals surface area contributed by atoms with Gasteiger partial charge in [0.1, 0.15) is 21.0 Å². The van der Waals surface area contributed by atoms with Crippen molar-refractivity contribution in [3.8, 4) is 22.4 Å². The monoisotopic (exact) mass is 469 g/mol. The number of nitrogens with zero attached hydrogens (tertiary/aromatic N) is 5. The van der Waals surface area contributed by atoms with E-state index in [2.05, 4.69) is 10.2 Å². The Balaban J connectivity index is 1.92. The van der Waals surface area contributed by atoms with Crippen molar-refractivity contribution in [1.82, 2.24) is 19.9 Å². The Bertz CT molecular complexity index is 1630. The summed E-state index contributed by atoms with van der Waals surface area (Å²) in [5.74, 6) is -0.924. The zero-order valence-corrected chi connectivity index (χ0v) is 19.5. The first-order valence-corrected chi connectivity index (χ1v) is 11.3. The van der Waals surface area contributed by atoms with Crippen LogP contribution in [0.15, 0.2) is 65.5 Å². The van der Waals surface area contributed by atoms with E-state index in [0.29, 0.717) is 26.1 Å². The van der Waals surface area contributed by atoms with Gasteiger partial charge in [0.15, 0.2) is 0 Å². The minimum atomic E-state index is -0.573. The topological polar surface area (TPSA) is 98.1 Å². The predicted octanol–water partition coefficient (Wildman–Crippen LogP) is 4.07. The molecule has 0 radical (unpaired) electrons. The Morgan fingerprint density at radius 2 is 1.47 bits per heavy atom. The molecule has 0 saturated carbocycles. The van der Waals surface area contributed by atoms with Crippen molar-refractivity contribution in [2.45, 2.75) is 20.8 Å². The molecular weight excluding hydrogens is 450 g/mol. The van der Waals surface area contributed by atoms with E-state index < -0.39 is 17.4 Å². The summed E-state index contributed by atoms with van der Waals surface area (Å²) < 4.78 is 1.32. The minimum absolute atomic E-state index is 0.222. The van der Waals surface area contributed by atoms with Crippen molar-refractivity contribution >= 4 is 43.6 Å². The van der Waals surface area contributed by atoms with Crippen LogP contribution >= 0.6 is 11.3 Å². The third kappa shape index (κ3) is 3.37. The van der Waals surface area contributed by atoms with E-state index in [1.807, 2.05) is 60.7 Å². The average molecular weight is 470 g/mol. The molecule has 0 aliphatic carbocycles. The molecule has 0 saturated heterocycles. The van der Waals surface area contributed by atoms with E-state index in [1.165, 1.54) is 13.8 Å². The second-order valence-corrected chi connectivity index (χ2v) is 8.74. The van der Waals surface area contributed by atoms with Crippen LogP contribution in [0.4, 0.5) is 0 Å². The molecule has 0 atom stereocenters. The van der Waals surface area contributed by atoms with Gasteiger partial charge in [-0.3, -0.25) is 14.4 Å². The van der Waals surface area contributed by atoms with E-state index in [-0.39, 0.29) is 5.82 Å². The molecule has 0 aliphatic rings. The van der Waals surface area contributed by atoms with Gasteiger partial charge in [0.05, 0.1) is 5.52 Å². The molecule has 0 unspecified atom stereocenters. The zero-order chi connectivity index (χ0) is 24.0. The first-order chi connectivity index (χ1) is 16.4. The number of hydrogen-bond acceptors (Lipinski definition) is 7. The maximum Gasteiger partial charge on any atom is 0.291 e. The molecule has 9 heteroatoms. The summed E-state index contributed by atoms with van der Waals surface area (Å²) in [5, 5.41) is 10.5. The summed E-state index contributed by atoms with van der Waals surface area (Å²) in [4.78, 5) is 43.0. The van der Waals surface area contributed by atoms with Crippen molar-refractivity contribution in [2.75, 3.05) is 5.01 Å². The smallest absolute Gasteiger partial charge is 0.273 e. The van der Waals surface area contributed by atoms with Gasteiger partial charge in [0.2, 0.25) is 11.8 Å². The molecule has 34 heavy (non-hydrogen) atoms. The SMILES string of the molecule is CC(=O)N(C(C)=O)n1c(C)nc2c(sc3nnc(-c4ccccc4)c(-c4ccccc4)c32)c1=O. The Morgan fingerprint density at radius 3 is 2.06 bits per heavy atom. The van der Waals surface area contributed by atoms with Crippen LogP contribution in [0.2, 0.25) is 0 Å². The Hall–Kier alpha value is -4.24. The first kappa shape index (κ1) is 21.6. The molecule has 168 valence electrons. The van der Waals surface area contributed by atoms with E-state index in [0.717, 1.165) is 37.7 Å². The highest BCUT2D eigenvalue weighted by molar-refractivity contribution is 7.25. The summed E-state index contributed by atoms with van der Waals surface area (Å²) in [6.07, 6.45) is 0. The fourth-order valence-corrected chi connectivity index (χ4v) is 5.09. The van der Waals surface area contributed by atoms with Crippen molar-refractivity contribution in [1.29, 1.82) is 0 Å². The lowest BCUT2D eigenvalue weighted by molar-refractivity contribution is -0.126. The van der Waals surface area contributed by atoms with Crippen LogP contribution in [0.3, 0.4) is 0 Å². The van der Waals surface area contributed by atoms with E-state index >= 15 is 0 Å². The van der Waals surface area contributed by atoms with Crippen LogP contribution in [0.25, 0.3) is 42.8 Å². The lowest BCUT2D eigenvalue weighted by atomic mass is 9.97. The van der Waals surface area contributed by atoms with Crippen molar-refractivity contribution in [3.05, 3.63) is 76.8 Å². The number of carbonyl (C=O) groups excluding carboxylic acids is 2. The number of imide groups is 1. The van der Waals surface area contributed by atoms with Crippen molar-refractivity contribution < 1.29 is 9.59 Å². The van der Waals surface area contributed by atoms with Gasteiger partial charge < -0.3 is 0 Å². The van der Waals surface area contributed by atoms with Gasteiger partial charge in [-0.2, -0.15) is 9.69 Å². The summed E-state index contributed by atoms with van der Waals surface area (Å²) >= 11 is 1.15. The van der Waals surface area contributed by atoms with E-state index in [4.69, 9.17) is 4.98 Å². The number of hydrogen-bond donors (Lipinski definition) is 0. The maximum absolute atomic E-state index is 13.5. The highest BCUT2D eigenvalue weighted by Gasteiger charge is 2.26. The van der Waals surface area contributed by atoms with Crippen LogP contribution in [0.5, 0.6) is 0 Å². The van der Waals surface area contributed by atoms with Gasteiger partial charge in [-0.25, -0.2) is 4.98 Å². The highest BCUT2D eigenvalue weighted by Crippen LogP contribution is 2.41. The molecule has 0 spiro atoms. The molecule has 5 rings (SSSR count). The summed E-state index contributed by atoms with van der Waals surface area (Å²) in [6.45, 7) is 4.05. The summed E-state index contributed by atoms with van der Waals surface area (Å²) in [6, 6.07) is 19.5. The van der Waals surface area contributed by atoms with Crippen molar-refractivity contribution in [2.24, 2.45) is 0 Å². The fourth-order valence-electron chi connectivity index (χ4n) is 4.10. The number of carbonyl (C=O) groups is 2. The quantitative estimate of drug-likeness (QED) is 0.395. The van der Waals surface area contributed by atoms with E-state index in [1.54, 1.807) is 6.92 Å². The first-order valence-electron chi connectivity index (χ1n) is 10.5. The summed E-state index contributed by atoms with van der Waals surface area (Å²) in [5.41, 5.74) is 3.27. The molecule has 0 aliphatic heterocycles. The van der Waals surface area contributed by atoms with Gasteiger partial charge in [-0.1, -0.05) is 60.7 Å². The van der Waals surface area contributed by atoms with Crippen LogP contribution in [0, 0.1) is 6.92 Å². The number of aryl methyl sites for hydroxylation is 1. The molecule has 2 aromatic carbocycles. The fraction of sp³-hybridized carbons (Fsp3) is 0.120. The lowest BCUT2D eigenvalue weighted by Crippen LogP contribution is -2.49. The zero-order valence-electron chi connectivity index (χ0n) is 18.6. The maximum atomic E-state index is 13.5. The molecule has 3 aromatic heterocycles. The number of aromatic nitrogens is 4. The molecule has 8 nitrogen and oxygen atoms in total. The lowest BCUT2D eigenvalue weighted by Gasteiger charge is -2.20. The van der Waals surface area contributed by atoms with Crippen LogP contribution < -0.4 is 10.6 Å². The molecule has 0 N–H and O–H groups in total. The average Bonchev–Trinajstić information content (AvgIpc) is 3.20. The van der Waals surface area contributed by atoms with Gasteiger partial charge in [0, 0.05) is 30.4 Å². The molecule has 3 heterocycles. The second-order valence-electron chi connectivity index (χ2n) is 7.74. The molecular formula is C25H19N5O3S. The molecule has 0 bridgehead atoms. The highest BCUT2D eigenvalue weighted by atomic mass is 32.1.